The molecule has 0 fully saturated rings. The van der Waals surface area contributed by atoms with E-state index in [4.69, 9.17) is 28.5 Å². The highest BCUT2D eigenvalue weighted by Crippen LogP contribution is 2.34. The van der Waals surface area contributed by atoms with Crippen LogP contribution in [0, 0.1) is 21.4 Å². The van der Waals surface area contributed by atoms with Crippen molar-refractivity contribution in [3.8, 4) is 6.07 Å². The van der Waals surface area contributed by atoms with Crippen LogP contribution in [0.15, 0.2) is 18.3 Å². The fourth-order valence-corrected chi connectivity index (χ4v) is 1.80. The molecular formula is C10H5Cl2N7O2. The Morgan fingerprint density at radius 2 is 2.24 bits per heavy atom. The van der Waals surface area contributed by atoms with E-state index in [9.17, 15) is 10.1 Å². The molecule has 0 atom stereocenters. The predicted molar refractivity (Wildman–Crippen MR) is 74.5 cm³/mol. The molecule has 0 saturated carbocycles. The molecular weight excluding hydrogens is 321 g/mol. The highest BCUT2D eigenvalue weighted by Gasteiger charge is 2.16. The van der Waals surface area contributed by atoms with Crippen LogP contribution >= 0.6 is 23.2 Å². The largest absolute Gasteiger partial charge is 0.359 e. The molecule has 106 valence electrons. The van der Waals surface area contributed by atoms with Gasteiger partial charge >= 0.3 is 0 Å². The highest BCUT2D eigenvalue weighted by atomic mass is 35.5. The number of tetrazole rings is 1. The molecule has 2 N–H and O–H groups in total. The fraction of sp³-hybridized carbons (Fsp3) is 0. The molecule has 0 spiro atoms. The van der Waals surface area contributed by atoms with Crippen molar-refractivity contribution in [1.29, 1.82) is 5.26 Å². The Morgan fingerprint density at radius 1 is 1.48 bits per heavy atom. The molecule has 1 aromatic carbocycles. The molecule has 9 nitrogen and oxygen atoms in total. The number of halogens is 2. The van der Waals surface area contributed by atoms with Crippen molar-refractivity contribution in [2.45, 2.75) is 0 Å². The second kappa shape index (κ2) is 6.17. The van der Waals surface area contributed by atoms with Crippen molar-refractivity contribution in [2.75, 3.05) is 5.32 Å². The second-order valence-corrected chi connectivity index (χ2v) is 4.40. The summed E-state index contributed by atoms with van der Waals surface area (Å²) >= 11 is 11.7. The number of benzene rings is 1. The Bertz CT molecular complexity index is 752. The van der Waals surface area contributed by atoms with E-state index in [1.165, 1.54) is 12.3 Å². The summed E-state index contributed by atoms with van der Waals surface area (Å²) in [5, 5.41) is 35.3. The van der Waals surface area contributed by atoms with Gasteiger partial charge in [-0.1, -0.05) is 23.2 Å². The molecule has 0 radical (unpaired) electrons. The molecule has 21 heavy (non-hydrogen) atoms. The van der Waals surface area contributed by atoms with Crippen molar-refractivity contribution in [1.82, 2.24) is 20.6 Å². The van der Waals surface area contributed by atoms with Crippen molar-refractivity contribution in [3.63, 3.8) is 0 Å². The molecule has 2 aromatic rings. The quantitative estimate of drug-likeness (QED) is 0.500. The van der Waals surface area contributed by atoms with Gasteiger partial charge in [0, 0.05) is 12.3 Å². The first-order chi connectivity index (χ1) is 10.0. The molecule has 0 saturated heterocycles. The lowest BCUT2D eigenvalue weighted by Gasteiger charge is -2.05. The van der Waals surface area contributed by atoms with Crippen molar-refractivity contribution < 1.29 is 4.92 Å². The summed E-state index contributed by atoms with van der Waals surface area (Å²) in [5.41, 5.74) is 0.0766. The van der Waals surface area contributed by atoms with Crippen LogP contribution in [0.5, 0.6) is 0 Å². The first-order valence-corrected chi connectivity index (χ1v) is 6.02. The zero-order valence-corrected chi connectivity index (χ0v) is 11.6. The fourth-order valence-electron chi connectivity index (χ4n) is 1.36. The van der Waals surface area contributed by atoms with E-state index in [2.05, 4.69) is 25.9 Å². The van der Waals surface area contributed by atoms with E-state index in [1.807, 2.05) is 6.07 Å². The summed E-state index contributed by atoms with van der Waals surface area (Å²) in [4.78, 5) is 10.1. The second-order valence-electron chi connectivity index (χ2n) is 3.59. The Labute approximate surface area is 127 Å². The first-order valence-electron chi connectivity index (χ1n) is 5.27. The third kappa shape index (κ3) is 3.25. The standard InChI is InChI=1S/C10H5Cl2N7O2/c11-6-2-9(19(20)21)7(12)1-8(6)14-4-5(3-13)10-15-17-18-16-10/h1-2,4,14H,(H,15,16,17,18). The highest BCUT2D eigenvalue weighted by molar-refractivity contribution is 6.36. The summed E-state index contributed by atoms with van der Waals surface area (Å²) in [6, 6.07) is 4.26. The molecule has 0 aliphatic rings. The zero-order valence-electron chi connectivity index (χ0n) is 10.0. The van der Waals surface area contributed by atoms with E-state index >= 15 is 0 Å². The minimum atomic E-state index is -0.645. The normalized spacial score (nSPS) is 11.0. The summed E-state index contributed by atoms with van der Waals surface area (Å²) in [5.74, 6) is 0.0918. The summed E-state index contributed by atoms with van der Waals surface area (Å²) in [6.07, 6.45) is 1.29. The Balaban J connectivity index is 2.30. The molecule has 1 aromatic heterocycles. The third-order valence-corrected chi connectivity index (χ3v) is 2.93. The molecule has 0 amide bonds. The van der Waals surface area contributed by atoms with Crippen LogP contribution in [-0.4, -0.2) is 25.5 Å². The molecule has 0 bridgehead atoms. The lowest BCUT2D eigenvalue weighted by atomic mass is 10.2. The van der Waals surface area contributed by atoms with Crippen LogP contribution in [0.4, 0.5) is 11.4 Å². The van der Waals surface area contributed by atoms with Crippen LogP contribution in [-0.2, 0) is 0 Å². The molecule has 11 heteroatoms. The predicted octanol–water partition coefficient (Wildman–Crippen LogP) is 2.39. The minimum Gasteiger partial charge on any atom is -0.359 e. The van der Waals surface area contributed by atoms with Crippen LogP contribution in [0.25, 0.3) is 5.57 Å². The molecule has 2 rings (SSSR count). The van der Waals surface area contributed by atoms with E-state index in [1.54, 1.807) is 0 Å². The number of aromatic nitrogens is 4. The number of hydrogen-bond donors (Lipinski definition) is 2. The molecule has 0 aliphatic heterocycles. The SMILES string of the molecule is N#CC(=CNc1cc(Cl)c([N+](=O)[O-])cc1Cl)c1nn[nH]n1. The Morgan fingerprint density at radius 3 is 2.81 bits per heavy atom. The number of H-pyrrole nitrogens is 1. The number of anilines is 1. The van der Waals surface area contributed by atoms with Crippen LogP contribution in [0.2, 0.25) is 10.0 Å². The lowest BCUT2D eigenvalue weighted by molar-refractivity contribution is -0.384. The summed E-state index contributed by atoms with van der Waals surface area (Å²) in [6.45, 7) is 0. The maximum atomic E-state index is 10.7. The van der Waals surface area contributed by atoms with Crippen LogP contribution < -0.4 is 5.32 Å². The van der Waals surface area contributed by atoms with Crippen molar-refractivity contribution in [3.05, 3.63) is 44.3 Å². The zero-order chi connectivity index (χ0) is 15.4. The van der Waals surface area contributed by atoms with Crippen molar-refractivity contribution >= 4 is 40.1 Å². The average Bonchev–Trinajstić information content (AvgIpc) is 2.96. The lowest BCUT2D eigenvalue weighted by Crippen LogP contribution is -1.96. The first kappa shape index (κ1) is 14.7. The van der Waals surface area contributed by atoms with Gasteiger partial charge in [0.05, 0.1) is 15.6 Å². The van der Waals surface area contributed by atoms with Gasteiger partial charge in [-0.05, 0) is 11.3 Å². The van der Waals surface area contributed by atoms with Gasteiger partial charge in [0.2, 0.25) is 5.82 Å². The Hall–Kier alpha value is -2.70. The van der Waals surface area contributed by atoms with Crippen LogP contribution in [0.1, 0.15) is 5.82 Å². The maximum Gasteiger partial charge on any atom is 0.289 e. The average molecular weight is 326 g/mol. The number of nitro groups is 1. The number of allylic oxidation sites excluding steroid dienone is 1. The molecule has 0 unspecified atom stereocenters. The minimum absolute atomic E-state index is 0.0766. The monoisotopic (exact) mass is 325 g/mol. The van der Waals surface area contributed by atoms with Crippen molar-refractivity contribution in [2.24, 2.45) is 0 Å². The van der Waals surface area contributed by atoms with Crippen LogP contribution in [0.3, 0.4) is 0 Å². The summed E-state index contributed by atoms with van der Waals surface area (Å²) < 4.78 is 0. The number of nitriles is 1. The smallest absolute Gasteiger partial charge is 0.289 e. The Kier molecular flexibility index (Phi) is 4.32. The number of hydrogen-bond acceptors (Lipinski definition) is 7. The number of nitrogens with zero attached hydrogens (tertiary/aromatic N) is 5. The van der Waals surface area contributed by atoms with Gasteiger partial charge in [0.25, 0.3) is 5.69 Å². The van der Waals surface area contributed by atoms with Gasteiger partial charge in [0.15, 0.2) is 0 Å². The molecule has 0 aliphatic carbocycles. The molecule has 1 heterocycles. The number of aromatic amines is 1. The van der Waals surface area contributed by atoms with E-state index < -0.39 is 4.92 Å². The number of rotatable bonds is 4. The number of nitrogens with one attached hydrogen (secondary N) is 2. The number of nitro benzene ring substituents is 1. The van der Waals surface area contributed by atoms with Gasteiger partial charge in [-0.15, -0.1) is 10.2 Å². The van der Waals surface area contributed by atoms with Gasteiger partial charge in [-0.3, -0.25) is 10.1 Å². The van der Waals surface area contributed by atoms with E-state index in [0.717, 1.165) is 6.07 Å². The van der Waals surface area contributed by atoms with Gasteiger partial charge in [0.1, 0.15) is 16.7 Å². The third-order valence-electron chi connectivity index (χ3n) is 2.31. The van der Waals surface area contributed by atoms with Gasteiger partial charge in [-0.25, -0.2) is 0 Å². The summed E-state index contributed by atoms with van der Waals surface area (Å²) in [7, 11) is 0. The van der Waals surface area contributed by atoms with E-state index in [-0.39, 0.29) is 27.1 Å². The van der Waals surface area contributed by atoms with Gasteiger partial charge in [-0.2, -0.15) is 10.5 Å². The topological polar surface area (TPSA) is 133 Å². The van der Waals surface area contributed by atoms with E-state index in [0.29, 0.717) is 5.69 Å². The maximum absolute atomic E-state index is 10.7. The van der Waals surface area contributed by atoms with Gasteiger partial charge < -0.3 is 5.32 Å².